The van der Waals surface area contributed by atoms with E-state index in [1.54, 1.807) is 0 Å². The maximum atomic E-state index is 7.06. The Hall–Kier alpha value is -14.7. The van der Waals surface area contributed by atoms with Gasteiger partial charge in [0.05, 0.1) is 61.6 Å². The Morgan fingerprint density at radius 2 is 0.711 bits per heavy atom. The van der Waals surface area contributed by atoms with Gasteiger partial charge in [0, 0.05) is 93.8 Å². The quantitative estimate of drug-likeness (QED) is 0.134. The highest BCUT2D eigenvalue weighted by Gasteiger charge is 2.45. The summed E-state index contributed by atoms with van der Waals surface area (Å²) in [5.41, 5.74) is 29.8. The number of anilines is 6. The third-order valence-electron chi connectivity index (χ3n) is 24.2. The molecule has 0 saturated heterocycles. The lowest BCUT2D eigenvalue weighted by molar-refractivity contribution is 0.590. The molecule has 2 aliphatic heterocycles. The molecule has 2 aliphatic rings. The molecule has 24 rings (SSSR count). The van der Waals surface area contributed by atoms with Crippen LogP contribution in [0.1, 0.15) is 26.3 Å². The van der Waals surface area contributed by atoms with Crippen LogP contribution in [0.4, 0.5) is 34.1 Å². The lowest BCUT2D eigenvalue weighted by Gasteiger charge is -2.45. The predicted molar refractivity (Wildman–Crippen MR) is 474 cm³/mol. The summed E-state index contributed by atoms with van der Waals surface area (Å²) < 4.78 is 21.1. The summed E-state index contributed by atoms with van der Waals surface area (Å²) in [7, 11) is 0. The van der Waals surface area contributed by atoms with E-state index in [-0.39, 0.29) is 12.1 Å². The van der Waals surface area contributed by atoms with Crippen LogP contribution in [0.15, 0.2) is 367 Å². The molecule has 0 radical (unpaired) electrons. The fourth-order valence-electron chi connectivity index (χ4n) is 19.1. The third kappa shape index (κ3) is 9.42. The number of hydrogen-bond acceptors (Lipinski definition) is 6. The summed E-state index contributed by atoms with van der Waals surface area (Å²) in [6.45, 7) is 6.59. The third-order valence-corrected chi connectivity index (χ3v) is 24.2. The smallest absolute Gasteiger partial charge is 0.252 e. The van der Waals surface area contributed by atoms with Crippen molar-refractivity contribution in [3.05, 3.63) is 363 Å². The van der Waals surface area contributed by atoms with Gasteiger partial charge < -0.3 is 23.2 Å². The van der Waals surface area contributed by atoms with Crippen LogP contribution in [-0.2, 0) is 5.41 Å². The van der Waals surface area contributed by atoms with Crippen LogP contribution >= 0.6 is 0 Å². The maximum Gasteiger partial charge on any atom is 0.252 e. The van der Waals surface area contributed by atoms with Crippen molar-refractivity contribution in [3.8, 4) is 62.1 Å². The van der Waals surface area contributed by atoms with Crippen molar-refractivity contribution in [3.63, 3.8) is 0 Å². The van der Waals surface area contributed by atoms with E-state index >= 15 is 0 Å². The number of fused-ring (bicyclic) bond motifs is 21. The minimum absolute atomic E-state index is 0.141. The van der Waals surface area contributed by atoms with E-state index in [2.05, 4.69) is 396 Å². The first kappa shape index (κ1) is 64.1. The molecular weight excluding hydrogens is 1390 g/mol. The zero-order chi connectivity index (χ0) is 75.2. The molecule has 15 aromatic carbocycles. The Morgan fingerprint density at radius 1 is 0.281 bits per heavy atom. The molecule has 22 aromatic rings. The minimum atomic E-state index is -0.341. The molecule has 0 spiro atoms. The number of benzene rings is 15. The van der Waals surface area contributed by atoms with Gasteiger partial charge in [-0.3, -0.25) is 9.13 Å². The van der Waals surface area contributed by atoms with Crippen molar-refractivity contribution in [2.75, 3.05) is 9.80 Å². The van der Waals surface area contributed by atoms with Gasteiger partial charge in [-0.1, -0.05) is 263 Å². The lowest BCUT2D eigenvalue weighted by atomic mass is 9.33. The Kier molecular flexibility index (Phi) is 13.7. The van der Waals surface area contributed by atoms with Gasteiger partial charge >= 0.3 is 0 Å². The largest absolute Gasteiger partial charge is 0.454 e. The van der Waals surface area contributed by atoms with Crippen LogP contribution in [0.3, 0.4) is 0 Å². The van der Waals surface area contributed by atoms with E-state index in [1.807, 2.05) is 6.07 Å². The van der Waals surface area contributed by atoms with E-state index in [9.17, 15) is 0 Å². The number of hydrogen-bond donors (Lipinski definition) is 0. The number of furan rings is 2. The van der Waals surface area contributed by atoms with Crippen LogP contribution < -0.4 is 26.2 Å². The van der Waals surface area contributed by atoms with Crippen LogP contribution in [0.25, 0.3) is 171 Å². The second-order valence-corrected chi connectivity index (χ2v) is 31.5. The molecule has 7 aromatic heterocycles. The minimum Gasteiger partial charge on any atom is -0.454 e. The Morgan fingerprint density at radius 3 is 1.28 bits per heavy atom. The van der Waals surface area contributed by atoms with Gasteiger partial charge in [-0.05, 0) is 159 Å². The van der Waals surface area contributed by atoms with Crippen molar-refractivity contribution in [1.29, 1.82) is 0 Å². The Bertz CT molecular complexity index is 7770. The molecule has 9 heterocycles. The van der Waals surface area contributed by atoms with Gasteiger partial charge in [0.1, 0.15) is 22.8 Å². The standard InChI is InChI=1S/C104H68BN7O2/c1-104(2,3)67-50-57-90(80(60-67)64-28-8-5-9-29-64)110-92-56-49-66(84-61-68(108-86-39-18-11-31-70(86)71-32-12-19-40-87(71)108)62-98(107-84)112-89-42-21-14-34-73(89)77-52-54-79-75-36-16-23-46-96(75)114-103(79)101(77)112)59-82(92)105-81-58-65(48-55-91(81)109(93-43-25-44-94(110)99(93)105)85-38-17-10-30-69(85)63-26-6-4-7-27-63)83-37-24-47-97(106-83)111-88-41-20-13-33-72(88)76-51-53-78-74-35-15-22-45-95(74)113-102(78)100(76)111/h4-62H,1-3H3. The lowest BCUT2D eigenvalue weighted by Crippen LogP contribution is -2.61. The molecule has 9 nitrogen and oxygen atoms in total. The fraction of sp³-hybridized carbons (Fsp3) is 0.0385. The van der Waals surface area contributed by atoms with Gasteiger partial charge in [0.25, 0.3) is 6.71 Å². The zero-order valence-electron chi connectivity index (χ0n) is 62.6. The van der Waals surface area contributed by atoms with Crippen LogP contribution in [0.5, 0.6) is 0 Å². The Labute approximate surface area is 656 Å². The molecule has 114 heavy (non-hydrogen) atoms. The molecule has 534 valence electrons. The fourth-order valence-corrected chi connectivity index (χ4v) is 19.1. The molecular formula is C104H68BN7O2. The summed E-state index contributed by atoms with van der Waals surface area (Å²) in [6, 6.07) is 131. The van der Waals surface area contributed by atoms with Gasteiger partial charge in [-0.2, -0.15) is 0 Å². The monoisotopic (exact) mass is 1460 g/mol. The van der Waals surface area contributed by atoms with E-state index in [1.165, 1.54) is 21.8 Å². The van der Waals surface area contributed by atoms with Gasteiger partial charge in [-0.25, -0.2) is 9.97 Å². The highest BCUT2D eigenvalue weighted by atomic mass is 16.3. The van der Waals surface area contributed by atoms with Crippen LogP contribution in [0.2, 0.25) is 0 Å². The maximum absolute atomic E-state index is 7.06. The summed E-state index contributed by atoms with van der Waals surface area (Å²) in [5.74, 6) is 1.56. The molecule has 0 unspecified atom stereocenters. The first-order valence-corrected chi connectivity index (χ1v) is 39.2. The summed E-state index contributed by atoms with van der Waals surface area (Å²) in [6.07, 6.45) is 0. The number of pyridine rings is 2. The molecule has 0 N–H and O–H groups in total. The molecule has 0 amide bonds. The van der Waals surface area contributed by atoms with Crippen LogP contribution in [0, 0.1) is 0 Å². The molecule has 0 atom stereocenters. The Balaban J connectivity index is 0.789. The summed E-state index contributed by atoms with van der Waals surface area (Å²) in [4.78, 5) is 17.0. The second-order valence-electron chi connectivity index (χ2n) is 31.5. The normalized spacial score (nSPS) is 12.8. The topological polar surface area (TPSA) is 73.3 Å². The second kappa shape index (κ2) is 24.4. The van der Waals surface area contributed by atoms with Crippen LogP contribution in [-0.4, -0.2) is 30.4 Å². The van der Waals surface area contributed by atoms with E-state index in [0.29, 0.717) is 0 Å². The van der Waals surface area contributed by atoms with Crippen molar-refractivity contribution in [2.45, 2.75) is 26.2 Å². The number of aromatic nitrogens is 5. The first-order valence-electron chi connectivity index (χ1n) is 39.2. The molecule has 0 bridgehead atoms. The molecule has 0 saturated carbocycles. The first-order chi connectivity index (χ1) is 56.2. The van der Waals surface area contributed by atoms with Crippen molar-refractivity contribution in [2.24, 2.45) is 0 Å². The van der Waals surface area contributed by atoms with Crippen molar-refractivity contribution in [1.82, 2.24) is 23.7 Å². The molecule has 10 heteroatoms. The van der Waals surface area contributed by atoms with Crippen molar-refractivity contribution < 1.29 is 8.83 Å². The summed E-state index contributed by atoms with van der Waals surface area (Å²) >= 11 is 0. The number of para-hydroxylation sites is 7. The predicted octanol–water partition coefficient (Wildman–Crippen LogP) is 25.6. The summed E-state index contributed by atoms with van der Waals surface area (Å²) in [5, 5.41) is 11.1. The number of nitrogens with zero attached hydrogens (tertiary/aromatic N) is 7. The van der Waals surface area contributed by atoms with Gasteiger partial charge in [0.2, 0.25) is 0 Å². The number of rotatable bonds is 9. The van der Waals surface area contributed by atoms with Gasteiger partial charge in [0.15, 0.2) is 11.2 Å². The highest BCUT2D eigenvalue weighted by molar-refractivity contribution is 7.00. The molecule has 0 fully saturated rings. The van der Waals surface area contributed by atoms with E-state index < -0.39 is 0 Å². The van der Waals surface area contributed by atoms with E-state index in [0.717, 1.165) is 206 Å². The van der Waals surface area contributed by atoms with E-state index in [4.69, 9.17) is 18.8 Å². The zero-order valence-corrected chi connectivity index (χ0v) is 62.6. The SMILES string of the molecule is CC(C)(C)c1ccc(N2c3ccc(-c4cc(-n5c6ccccc6c6ccccc65)cc(-n5c6ccccc6c6ccc7c8ccccc8oc7c65)n4)cc3B3c4cc(-c5cccc(-n6c7ccccc7c7ccc8c9ccccc9oc8c76)n5)ccc4N(c4ccccc4-c4ccccc4)c4cccc2c43)c(-c2ccccc2)c1. The van der Waals surface area contributed by atoms with Gasteiger partial charge in [-0.15, -0.1) is 0 Å². The van der Waals surface area contributed by atoms with Crippen molar-refractivity contribution >= 4 is 167 Å². The molecule has 0 aliphatic carbocycles. The average Bonchev–Trinajstić information content (AvgIpc) is 1.01. The average molecular weight is 1460 g/mol. The highest BCUT2D eigenvalue weighted by Crippen LogP contribution is 2.51.